The molecule has 58 valence electrons. The Labute approximate surface area is 58.3 Å². The third-order valence-electron chi connectivity index (χ3n) is 1.68. The zero-order chi connectivity index (χ0) is 7.56. The van der Waals surface area contributed by atoms with Gasteiger partial charge in [-0.05, 0) is 6.42 Å². The molecule has 0 radical (unpaired) electrons. The molecule has 1 aliphatic heterocycles. The van der Waals surface area contributed by atoms with Gasteiger partial charge in [-0.3, -0.25) is 0 Å². The molecule has 1 saturated heterocycles. The van der Waals surface area contributed by atoms with Crippen molar-refractivity contribution in [3.63, 3.8) is 0 Å². The van der Waals surface area contributed by atoms with Crippen molar-refractivity contribution in [2.75, 3.05) is 13.2 Å². The molecule has 0 aliphatic carbocycles. The fourth-order valence-electron chi connectivity index (χ4n) is 0.977. The second-order valence-corrected chi connectivity index (χ2v) is 2.25. The topological polar surface area (TPSA) is 75.8 Å². The first-order valence-electron chi connectivity index (χ1n) is 3.07. The average Bonchev–Trinajstić information content (AvgIpc) is 1.78. The fourth-order valence-corrected chi connectivity index (χ4v) is 0.977. The maximum absolute atomic E-state index is 10.3. The molecule has 1 amide bonds. The van der Waals surface area contributed by atoms with E-state index in [0.717, 1.165) is 6.42 Å². The van der Waals surface area contributed by atoms with E-state index in [1.165, 1.54) is 4.90 Å². The summed E-state index contributed by atoms with van der Waals surface area (Å²) in [5.74, 6) is 4.78. The first kappa shape index (κ1) is 7.30. The molecule has 0 aromatic rings. The first-order chi connectivity index (χ1) is 4.75. The minimum absolute atomic E-state index is 0.0255. The Kier molecular flexibility index (Phi) is 2.08. The molecule has 0 aromatic heterocycles. The molecule has 0 spiro atoms. The van der Waals surface area contributed by atoms with Crippen molar-refractivity contribution in [1.82, 2.24) is 4.90 Å². The quantitative estimate of drug-likeness (QED) is 0.521. The van der Waals surface area contributed by atoms with Crippen LogP contribution in [0.4, 0.5) is 4.79 Å². The predicted molar refractivity (Wildman–Crippen MR) is 33.3 cm³/mol. The van der Waals surface area contributed by atoms with E-state index in [1.807, 2.05) is 0 Å². The minimum Gasteiger partial charge on any atom is -0.465 e. The summed E-state index contributed by atoms with van der Waals surface area (Å²) >= 11 is 0. The number of hydrogen-bond donors (Lipinski definition) is 2. The zero-order valence-corrected chi connectivity index (χ0v) is 5.49. The van der Waals surface area contributed by atoms with E-state index >= 15 is 0 Å². The highest BCUT2D eigenvalue weighted by molar-refractivity contribution is 5.66. The van der Waals surface area contributed by atoms with E-state index in [-0.39, 0.29) is 6.04 Å². The lowest BCUT2D eigenvalue weighted by molar-refractivity contribution is 0.0120. The van der Waals surface area contributed by atoms with Gasteiger partial charge in [-0.25, -0.2) is 10.7 Å². The Morgan fingerprint density at radius 3 is 2.90 bits per heavy atom. The SMILES string of the molecule is NOC[C@@H]1CCN1C(=O)O. The Bertz CT molecular complexity index is 139. The molecular formula is C5H10N2O3. The summed E-state index contributed by atoms with van der Waals surface area (Å²) in [6.45, 7) is 0.898. The van der Waals surface area contributed by atoms with Gasteiger partial charge in [-0.2, -0.15) is 0 Å². The summed E-state index contributed by atoms with van der Waals surface area (Å²) in [6.07, 6.45) is -0.0444. The van der Waals surface area contributed by atoms with Gasteiger partial charge >= 0.3 is 6.09 Å². The average molecular weight is 146 g/mol. The summed E-state index contributed by atoms with van der Waals surface area (Å²) in [5.41, 5.74) is 0. The van der Waals surface area contributed by atoms with Gasteiger partial charge in [0.25, 0.3) is 0 Å². The molecule has 10 heavy (non-hydrogen) atoms. The van der Waals surface area contributed by atoms with Crippen LogP contribution in [0, 0.1) is 0 Å². The number of nitrogens with two attached hydrogens (primary N) is 1. The van der Waals surface area contributed by atoms with E-state index in [0.29, 0.717) is 13.2 Å². The molecule has 5 nitrogen and oxygen atoms in total. The lowest BCUT2D eigenvalue weighted by atomic mass is 10.1. The van der Waals surface area contributed by atoms with Crippen LogP contribution in [0.1, 0.15) is 6.42 Å². The maximum atomic E-state index is 10.3. The monoisotopic (exact) mass is 146 g/mol. The smallest absolute Gasteiger partial charge is 0.407 e. The van der Waals surface area contributed by atoms with E-state index in [1.54, 1.807) is 0 Å². The van der Waals surface area contributed by atoms with E-state index in [9.17, 15) is 4.79 Å². The highest BCUT2D eigenvalue weighted by Gasteiger charge is 2.31. The second-order valence-electron chi connectivity index (χ2n) is 2.25. The van der Waals surface area contributed by atoms with E-state index in [4.69, 9.17) is 11.0 Å². The van der Waals surface area contributed by atoms with Crippen LogP contribution in [0.3, 0.4) is 0 Å². The fraction of sp³-hybridized carbons (Fsp3) is 0.800. The van der Waals surface area contributed by atoms with Crippen molar-refractivity contribution in [1.29, 1.82) is 0 Å². The van der Waals surface area contributed by atoms with Crippen LogP contribution in [-0.4, -0.2) is 35.3 Å². The van der Waals surface area contributed by atoms with Crippen LogP contribution in [0.2, 0.25) is 0 Å². The van der Waals surface area contributed by atoms with Crippen LogP contribution in [0.5, 0.6) is 0 Å². The van der Waals surface area contributed by atoms with Gasteiger partial charge in [-0.15, -0.1) is 0 Å². The summed E-state index contributed by atoms with van der Waals surface area (Å²) in [5, 5.41) is 8.46. The summed E-state index contributed by atoms with van der Waals surface area (Å²) in [6, 6.07) is -0.0255. The third kappa shape index (κ3) is 1.19. The molecular weight excluding hydrogens is 136 g/mol. The normalized spacial score (nSPS) is 24.1. The molecule has 1 heterocycles. The van der Waals surface area contributed by atoms with Crippen molar-refractivity contribution < 1.29 is 14.7 Å². The second kappa shape index (κ2) is 2.85. The summed E-state index contributed by atoms with van der Waals surface area (Å²) in [4.78, 5) is 15.9. The highest BCUT2D eigenvalue weighted by atomic mass is 16.6. The predicted octanol–water partition coefficient (Wildman–Crippen LogP) is -0.371. The zero-order valence-electron chi connectivity index (χ0n) is 5.49. The van der Waals surface area contributed by atoms with Crippen LogP contribution in [0.15, 0.2) is 0 Å². The molecule has 3 N–H and O–H groups in total. The molecule has 1 fully saturated rings. The molecule has 1 atom stereocenters. The molecule has 1 rings (SSSR count). The molecule has 1 aliphatic rings. The largest absolute Gasteiger partial charge is 0.465 e. The van der Waals surface area contributed by atoms with Gasteiger partial charge in [-0.1, -0.05) is 0 Å². The van der Waals surface area contributed by atoms with Crippen molar-refractivity contribution in [3.05, 3.63) is 0 Å². The van der Waals surface area contributed by atoms with Gasteiger partial charge in [0.05, 0.1) is 12.6 Å². The first-order valence-corrected chi connectivity index (χ1v) is 3.07. The number of nitrogens with zero attached hydrogens (tertiary/aromatic N) is 1. The number of carbonyl (C=O) groups is 1. The number of rotatable bonds is 2. The highest BCUT2D eigenvalue weighted by Crippen LogP contribution is 2.16. The standard InChI is InChI=1S/C5H10N2O3/c6-10-3-4-1-2-7(4)5(8)9/h4H,1-3,6H2,(H,8,9)/t4-/m0/s1. The summed E-state index contributed by atoms with van der Waals surface area (Å²) in [7, 11) is 0. The van der Waals surface area contributed by atoms with Crippen LogP contribution in [-0.2, 0) is 4.84 Å². The number of hydrogen-bond acceptors (Lipinski definition) is 3. The number of likely N-dealkylation sites (tertiary alicyclic amines) is 1. The molecule has 5 heteroatoms. The van der Waals surface area contributed by atoms with Gasteiger partial charge in [0.15, 0.2) is 0 Å². The summed E-state index contributed by atoms with van der Waals surface area (Å²) < 4.78 is 0. The van der Waals surface area contributed by atoms with Crippen LogP contribution in [0.25, 0.3) is 0 Å². The van der Waals surface area contributed by atoms with Gasteiger partial charge in [0.1, 0.15) is 0 Å². The Morgan fingerprint density at radius 1 is 1.90 bits per heavy atom. The number of amides is 1. The Morgan fingerprint density at radius 2 is 2.60 bits per heavy atom. The van der Waals surface area contributed by atoms with Crippen LogP contribution < -0.4 is 5.90 Å². The lowest BCUT2D eigenvalue weighted by Gasteiger charge is -2.37. The molecule has 0 aromatic carbocycles. The van der Waals surface area contributed by atoms with E-state index in [2.05, 4.69) is 4.84 Å². The maximum Gasteiger partial charge on any atom is 0.407 e. The molecule has 0 bridgehead atoms. The third-order valence-corrected chi connectivity index (χ3v) is 1.68. The van der Waals surface area contributed by atoms with Gasteiger partial charge in [0, 0.05) is 6.54 Å². The number of carboxylic acid groups (broad SMARTS) is 1. The van der Waals surface area contributed by atoms with E-state index < -0.39 is 6.09 Å². The lowest BCUT2D eigenvalue weighted by Crippen LogP contribution is -2.53. The Balaban J connectivity index is 2.28. The van der Waals surface area contributed by atoms with Gasteiger partial charge in [0.2, 0.25) is 0 Å². The van der Waals surface area contributed by atoms with Gasteiger partial charge < -0.3 is 14.8 Å². The van der Waals surface area contributed by atoms with Crippen molar-refractivity contribution in [3.8, 4) is 0 Å². The van der Waals surface area contributed by atoms with Crippen molar-refractivity contribution in [2.24, 2.45) is 5.90 Å². The van der Waals surface area contributed by atoms with Crippen molar-refractivity contribution in [2.45, 2.75) is 12.5 Å². The van der Waals surface area contributed by atoms with Crippen LogP contribution >= 0.6 is 0 Å². The minimum atomic E-state index is -0.895. The Hall–Kier alpha value is -0.810. The molecule has 0 saturated carbocycles. The molecule has 0 unspecified atom stereocenters. The van der Waals surface area contributed by atoms with Crippen molar-refractivity contribution >= 4 is 6.09 Å².